The molecule has 0 spiro atoms. The molecule has 7 aromatic rings. The van der Waals surface area contributed by atoms with E-state index >= 15 is 0 Å². The molecule has 0 aliphatic heterocycles. The van der Waals surface area contributed by atoms with Crippen molar-refractivity contribution in [1.82, 2.24) is 14.9 Å². The van der Waals surface area contributed by atoms with E-state index in [9.17, 15) is 0 Å². The van der Waals surface area contributed by atoms with Crippen molar-refractivity contribution in [3.8, 4) is 42.8 Å². The van der Waals surface area contributed by atoms with E-state index in [0.29, 0.717) is 19.1 Å². The third-order valence-electron chi connectivity index (χ3n) is 13.7. The predicted octanol–water partition coefficient (Wildman–Crippen LogP) is 19.3. The van der Waals surface area contributed by atoms with Gasteiger partial charge in [0.15, 0.2) is 11.5 Å². The van der Waals surface area contributed by atoms with Crippen LogP contribution in [-0.4, -0.2) is 28.1 Å². The Morgan fingerprint density at radius 2 is 1.05 bits per heavy atom. The van der Waals surface area contributed by atoms with Gasteiger partial charge in [0.25, 0.3) is 0 Å². The lowest BCUT2D eigenvalue weighted by atomic mass is 9.94. The second-order valence-electron chi connectivity index (χ2n) is 18.9. The molecule has 8 heteroatoms. The van der Waals surface area contributed by atoms with Gasteiger partial charge in [0.05, 0.1) is 24.3 Å². The van der Waals surface area contributed by atoms with Crippen molar-refractivity contribution in [2.75, 3.05) is 13.2 Å². The summed E-state index contributed by atoms with van der Waals surface area (Å²) in [6.07, 6.45) is 30.4. The molecule has 1 atom stereocenters. The smallest absolute Gasteiger partial charge is 0.172 e. The molecule has 4 heterocycles. The molecule has 0 N–H and O–H groups in total. The number of hydrogen-bond acceptors (Lipinski definition) is 7. The van der Waals surface area contributed by atoms with Crippen LogP contribution in [-0.2, 0) is 6.54 Å². The summed E-state index contributed by atoms with van der Waals surface area (Å²) in [5.74, 6) is 2.20. The number of benzene rings is 3. The van der Waals surface area contributed by atoms with Gasteiger partial charge in [-0.25, -0.2) is 4.63 Å². The number of rotatable bonds is 33. The van der Waals surface area contributed by atoms with E-state index in [1.54, 1.807) is 22.7 Å². The lowest BCUT2D eigenvalue weighted by Gasteiger charge is -2.20. The number of para-hydroxylation sites is 1. The molecule has 0 bridgehead atoms. The Labute approximate surface area is 404 Å². The van der Waals surface area contributed by atoms with Crippen LogP contribution in [0.15, 0.2) is 76.7 Å². The van der Waals surface area contributed by atoms with E-state index in [1.807, 2.05) is 0 Å². The fourth-order valence-corrected chi connectivity index (χ4v) is 11.7. The van der Waals surface area contributed by atoms with Crippen LogP contribution in [0.1, 0.15) is 182 Å². The monoisotopic (exact) mass is 930 g/mol. The second kappa shape index (κ2) is 27.0. The molecule has 0 aliphatic rings. The number of unbranched alkanes of at least 4 members (excludes halogenated alkanes) is 18. The van der Waals surface area contributed by atoms with Crippen molar-refractivity contribution in [1.29, 1.82) is 0 Å². The molecular weight excluding hydrogens is 851 g/mol. The molecule has 0 amide bonds. The molecule has 7 rings (SSSR count). The Morgan fingerprint density at radius 3 is 1.65 bits per heavy atom. The van der Waals surface area contributed by atoms with Crippen LogP contribution < -0.4 is 9.47 Å². The zero-order valence-electron chi connectivity index (χ0n) is 41.0. The minimum Gasteiger partial charge on any atom is -0.489 e. The number of ether oxygens (including phenoxy) is 2. The first-order valence-corrected chi connectivity index (χ1v) is 28.1. The molecule has 6 nitrogen and oxygen atoms in total. The third kappa shape index (κ3) is 13.1. The zero-order chi connectivity index (χ0) is 45.8. The van der Waals surface area contributed by atoms with E-state index in [0.717, 1.165) is 75.6 Å². The summed E-state index contributed by atoms with van der Waals surface area (Å²) < 4.78 is 22.2. The molecule has 3 aromatic carbocycles. The van der Waals surface area contributed by atoms with Gasteiger partial charge in [-0.05, 0) is 83.2 Å². The fraction of sp³-hybridized carbons (Fsp3) is 0.552. The number of thiophene rings is 2. The Bertz CT molecular complexity index is 2460. The molecule has 4 aromatic heterocycles. The number of aromatic nitrogens is 3. The highest BCUT2D eigenvalue weighted by molar-refractivity contribution is 7.19. The fourth-order valence-electron chi connectivity index (χ4n) is 9.91. The van der Waals surface area contributed by atoms with Crippen LogP contribution in [0.2, 0.25) is 0 Å². The topological polar surface area (TPSA) is 62.3 Å². The van der Waals surface area contributed by atoms with Gasteiger partial charge in [-0.1, -0.05) is 193 Å². The standard InChI is InChI=1S/C58H79N3O3S2/c1-5-9-13-17-20-24-31-44(30-23-16-12-8-4)43-61-48-33-26-25-32-46(48)47-36-35-45(42-49(47)61)50-37-38-52(66-50)54-56-55(59-64-60-56)53(51-34-29-41-65-51)57(62-39-27-21-18-14-10-6-2)58(54)63-40-28-22-19-15-11-7-3/h25-26,29,32-38,41-42,44H,5-24,27-28,30-31,39-40,43H2,1-4H3. The lowest BCUT2D eigenvalue weighted by molar-refractivity contribution is 0.260. The predicted molar refractivity (Wildman–Crippen MR) is 285 cm³/mol. The molecule has 0 fully saturated rings. The minimum absolute atomic E-state index is 0.616. The van der Waals surface area contributed by atoms with E-state index < -0.39 is 0 Å². The van der Waals surface area contributed by atoms with Crippen LogP contribution >= 0.6 is 22.7 Å². The first-order valence-electron chi connectivity index (χ1n) is 26.4. The van der Waals surface area contributed by atoms with E-state index in [-0.39, 0.29) is 0 Å². The Kier molecular flexibility index (Phi) is 20.4. The molecule has 66 heavy (non-hydrogen) atoms. The van der Waals surface area contributed by atoms with E-state index in [2.05, 4.69) is 115 Å². The highest BCUT2D eigenvalue weighted by Gasteiger charge is 2.29. The number of fused-ring (bicyclic) bond motifs is 4. The molecular formula is C58H79N3O3S2. The molecule has 0 saturated heterocycles. The molecule has 356 valence electrons. The van der Waals surface area contributed by atoms with Crippen molar-refractivity contribution < 1.29 is 14.1 Å². The maximum Gasteiger partial charge on any atom is 0.172 e. The first kappa shape index (κ1) is 49.8. The van der Waals surface area contributed by atoms with Gasteiger partial charge in [-0.3, -0.25) is 0 Å². The largest absolute Gasteiger partial charge is 0.489 e. The van der Waals surface area contributed by atoms with Crippen molar-refractivity contribution in [3.63, 3.8) is 0 Å². The highest BCUT2D eigenvalue weighted by Crippen LogP contribution is 2.53. The summed E-state index contributed by atoms with van der Waals surface area (Å²) in [6.45, 7) is 11.5. The van der Waals surface area contributed by atoms with Gasteiger partial charge in [-0.2, -0.15) is 0 Å². The summed E-state index contributed by atoms with van der Waals surface area (Å²) in [7, 11) is 0. The van der Waals surface area contributed by atoms with Crippen molar-refractivity contribution >= 4 is 55.5 Å². The minimum atomic E-state index is 0.616. The van der Waals surface area contributed by atoms with Crippen molar-refractivity contribution in [2.45, 2.75) is 188 Å². The van der Waals surface area contributed by atoms with Crippen LogP contribution in [0, 0.1) is 5.92 Å². The van der Waals surface area contributed by atoms with Gasteiger partial charge < -0.3 is 14.0 Å². The molecule has 1 unspecified atom stereocenters. The number of nitrogens with zero attached hydrogens (tertiary/aromatic N) is 3. The van der Waals surface area contributed by atoms with Gasteiger partial charge in [0.1, 0.15) is 11.0 Å². The lowest BCUT2D eigenvalue weighted by Crippen LogP contribution is -2.11. The van der Waals surface area contributed by atoms with Gasteiger partial charge >= 0.3 is 0 Å². The zero-order valence-corrected chi connectivity index (χ0v) is 42.6. The van der Waals surface area contributed by atoms with Gasteiger partial charge in [0.2, 0.25) is 0 Å². The van der Waals surface area contributed by atoms with Gasteiger partial charge in [0, 0.05) is 43.0 Å². The maximum atomic E-state index is 6.98. The molecule has 0 aliphatic carbocycles. The summed E-state index contributed by atoms with van der Waals surface area (Å²) >= 11 is 3.48. The normalized spacial score (nSPS) is 12.3. The van der Waals surface area contributed by atoms with E-state index in [1.165, 1.54) is 161 Å². The van der Waals surface area contributed by atoms with Gasteiger partial charge in [-0.15, -0.1) is 22.7 Å². The molecule has 0 saturated carbocycles. The summed E-state index contributed by atoms with van der Waals surface area (Å²) in [4.78, 5) is 3.38. The van der Waals surface area contributed by atoms with Crippen LogP contribution in [0.3, 0.4) is 0 Å². The van der Waals surface area contributed by atoms with E-state index in [4.69, 9.17) is 14.1 Å². The summed E-state index contributed by atoms with van der Waals surface area (Å²) in [5, 5.41) is 14.0. The SMILES string of the molecule is CCCCCCCCOc1c(OCCCCCCCC)c(-c2ccc(-c3ccc4c5ccccc5n(CC(CCCCCC)CCCCCCCC)c4c3)s2)c2nonc2c1-c1cccs1. The Morgan fingerprint density at radius 1 is 0.515 bits per heavy atom. The average Bonchev–Trinajstić information content (AvgIpc) is 4.19. The Hall–Kier alpha value is -4.14. The molecule has 0 radical (unpaired) electrons. The van der Waals surface area contributed by atoms with Crippen molar-refractivity contribution in [3.05, 3.63) is 72.1 Å². The first-order chi connectivity index (χ1) is 32.7. The third-order valence-corrected chi connectivity index (χ3v) is 15.7. The van der Waals surface area contributed by atoms with Crippen LogP contribution in [0.4, 0.5) is 0 Å². The Balaban J connectivity index is 1.24. The second-order valence-corrected chi connectivity index (χ2v) is 20.9. The average molecular weight is 930 g/mol. The van der Waals surface area contributed by atoms with Crippen LogP contribution in [0.5, 0.6) is 11.5 Å². The van der Waals surface area contributed by atoms with Crippen LogP contribution in [0.25, 0.3) is 64.2 Å². The maximum absolute atomic E-state index is 6.98. The highest BCUT2D eigenvalue weighted by atomic mass is 32.1. The number of hydrogen-bond donors (Lipinski definition) is 0. The quantitative estimate of drug-likeness (QED) is 0.0384. The summed E-state index contributed by atoms with van der Waals surface area (Å²) in [5.41, 5.74) is 7.21. The summed E-state index contributed by atoms with van der Waals surface area (Å²) in [6, 6.07) is 25.0. The van der Waals surface area contributed by atoms with Crippen molar-refractivity contribution in [2.24, 2.45) is 5.92 Å².